The monoisotopic (exact) mass is 436 g/mol. The van der Waals surface area contributed by atoms with Gasteiger partial charge in [-0.25, -0.2) is 9.97 Å². The molecule has 160 valence electrons. The summed E-state index contributed by atoms with van der Waals surface area (Å²) in [7, 11) is 0. The van der Waals surface area contributed by atoms with Crippen LogP contribution in [-0.2, 0) is 0 Å². The molecule has 0 fully saturated rings. The Morgan fingerprint density at radius 1 is 0.324 bits per heavy atom. The molecule has 6 aromatic rings. The molecule has 4 heteroatoms. The summed E-state index contributed by atoms with van der Waals surface area (Å²) in [4.78, 5) is 18.3. The lowest BCUT2D eigenvalue weighted by molar-refractivity contribution is 1.29. The Labute approximate surface area is 197 Å². The Kier molecular flexibility index (Phi) is 5.09. The van der Waals surface area contributed by atoms with Crippen LogP contribution >= 0.6 is 0 Å². The lowest BCUT2D eigenvalue weighted by Gasteiger charge is -2.12. The number of hydrogen-bond donors (Lipinski definition) is 0. The maximum atomic E-state index is 5.02. The lowest BCUT2D eigenvalue weighted by atomic mass is 9.99. The van der Waals surface area contributed by atoms with Gasteiger partial charge in [0.15, 0.2) is 0 Å². The van der Waals surface area contributed by atoms with E-state index in [1.165, 1.54) is 0 Å². The average molecular weight is 437 g/mol. The van der Waals surface area contributed by atoms with Crippen molar-refractivity contribution < 1.29 is 0 Å². The Morgan fingerprint density at radius 3 is 1.03 bits per heavy atom. The molecule has 0 saturated heterocycles. The van der Waals surface area contributed by atoms with Crippen molar-refractivity contribution in [3.05, 3.63) is 122 Å². The third kappa shape index (κ3) is 3.82. The summed E-state index contributed by atoms with van der Waals surface area (Å²) in [6, 6.07) is 33.0. The van der Waals surface area contributed by atoms with Gasteiger partial charge in [0.2, 0.25) is 0 Å². The lowest BCUT2D eigenvalue weighted by Crippen LogP contribution is -1.95. The van der Waals surface area contributed by atoms with Gasteiger partial charge in [-0.1, -0.05) is 60.7 Å². The van der Waals surface area contributed by atoms with Crippen molar-refractivity contribution >= 4 is 11.0 Å². The Bertz CT molecular complexity index is 1440. The van der Waals surface area contributed by atoms with Crippen LogP contribution in [0.5, 0.6) is 0 Å². The van der Waals surface area contributed by atoms with E-state index < -0.39 is 0 Å². The second-order valence-corrected chi connectivity index (χ2v) is 8.04. The molecular weight excluding hydrogens is 416 g/mol. The number of benzene rings is 3. The van der Waals surface area contributed by atoms with E-state index >= 15 is 0 Å². The number of pyridine rings is 2. The first-order chi connectivity index (χ1) is 16.8. The molecule has 0 unspecified atom stereocenters. The molecule has 3 aromatic carbocycles. The molecule has 0 bridgehead atoms. The van der Waals surface area contributed by atoms with E-state index in [2.05, 4.69) is 58.5 Å². The van der Waals surface area contributed by atoms with Crippen LogP contribution in [0.1, 0.15) is 0 Å². The third-order valence-electron chi connectivity index (χ3n) is 5.91. The van der Waals surface area contributed by atoms with Gasteiger partial charge in [-0.05, 0) is 58.7 Å². The quantitative estimate of drug-likeness (QED) is 0.296. The smallest absolute Gasteiger partial charge is 0.0973 e. The molecule has 6 rings (SSSR count). The summed E-state index contributed by atoms with van der Waals surface area (Å²) in [5.74, 6) is 0. The maximum Gasteiger partial charge on any atom is 0.0973 e. The predicted molar refractivity (Wildman–Crippen MR) is 137 cm³/mol. The Hall–Kier alpha value is -4.70. The van der Waals surface area contributed by atoms with Crippen molar-refractivity contribution in [2.24, 2.45) is 0 Å². The summed E-state index contributed by atoms with van der Waals surface area (Å²) in [6.07, 6.45) is 7.25. The number of nitrogens with zero attached hydrogens (tertiary/aromatic N) is 4. The van der Waals surface area contributed by atoms with Crippen molar-refractivity contribution in [2.45, 2.75) is 0 Å². The van der Waals surface area contributed by atoms with Crippen LogP contribution in [0.15, 0.2) is 122 Å². The van der Waals surface area contributed by atoms with Crippen LogP contribution < -0.4 is 0 Å². The summed E-state index contributed by atoms with van der Waals surface area (Å²) in [5, 5.41) is 0. The predicted octanol–water partition coefficient (Wildman–Crippen LogP) is 7.09. The molecule has 0 radical (unpaired) electrons. The van der Waals surface area contributed by atoms with Crippen LogP contribution in [-0.4, -0.2) is 19.9 Å². The summed E-state index contributed by atoms with van der Waals surface area (Å²) >= 11 is 0. The molecule has 0 N–H and O–H groups in total. The normalized spacial score (nSPS) is 10.9. The van der Waals surface area contributed by atoms with Gasteiger partial charge in [0.1, 0.15) is 0 Å². The Morgan fingerprint density at radius 2 is 0.647 bits per heavy atom. The summed E-state index contributed by atoms with van der Waals surface area (Å²) in [6.45, 7) is 0. The molecular formula is C30H20N4. The minimum atomic E-state index is 0.872. The zero-order chi connectivity index (χ0) is 22.7. The van der Waals surface area contributed by atoms with Crippen molar-refractivity contribution in [2.75, 3.05) is 0 Å². The first-order valence-electron chi connectivity index (χ1n) is 11.1. The van der Waals surface area contributed by atoms with Crippen LogP contribution in [0.3, 0.4) is 0 Å². The van der Waals surface area contributed by atoms with E-state index in [0.29, 0.717) is 0 Å². The number of rotatable bonds is 4. The standard InChI is InChI=1S/C30H20N4/c1-2-4-28-27(3-1)33-29(25-9-5-21(6-10-25)23-13-17-31-18-14-23)30(34-28)26-11-7-22(8-12-26)24-15-19-32-20-16-24/h1-20H. The zero-order valence-electron chi connectivity index (χ0n) is 18.3. The molecule has 3 heterocycles. The fraction of sp³-hybridized carbons (Fsp3) is 0. The second-order valence-electron chi connectivity index (χ2n) is 8.04. The van der Waals surface area contributed by atoms with E-state index in [1.54, 1.807) is 0 Å². The first kappa shape index (κ1) is 19.9. The van der Waals surface area contributed by atoms with Crippen LogP contribution in [0, 0.1) is 0 Å². The molecule has 4 nitrogen and oxygen atoms in total. The topological polar surface area (TPSA) is 51.6 Å². The van der Waals surface area contributed by atoms with Gasteiger partial charge in [0.05, 0.1) is 22.4 Å². The number of aromatic nitrogens is 4. The highest BCUT2D eigenvalue weighted by Gasteiger charge is 2.14. The number of fused-ring (bicyclic) bond motifs is 1. The zero-order valence-corrected chi connectivity index (χ0v) is 18.3. The van der Waals surface area contributed by atoms with Gasteiger partial charge in [0, 0.05) is 35.9 Å². The van der Waals surface area contributed by atoms with Crippen LogP contribution in [0.2, 0.25) is 0 Å². The molecule has 0 aliphatic heterocycles. The van der Waals surface area contributed by atoms with Crippen molar-refractivity contribution in [3.63, 3.8) is 0 Å². The molecule has 0 saturated carbocycles. The largest absolute Gasteiger partial charge is 0.265 e. The third-order valence-corrected chi connectivity index (χ3v) is 5.91. The van der Waals surface area contributed by atoms with Gasteiger partial charge in [-0.3, -0.25) is 9.97 Å². The van der Waals surface area contributed by atoms with Gasteiger partial charge < -0.3 is 0 Å². The van der Waals surface area contributed by atoms with Gasteiger partial charge >= 0.3 is 0 Å². The maximum absolute atomic E-state index is 5.02. The first-order valence-corrected chi connectivity index (χ1v) is 11.1. The average Bonchev–Trinajstić information content (AvgIpc) is 2.93. The second kappa shape index (κ2) is 8.68. The molecule has 0 aliphatic rings. The van der Waals surface area contributed by atoms with E-state index in [1.807, 2.05) is 73.3 Å². The van der Waals surface area contributed by atoms with Crippen LogP contribution in [0.25, 0.3) is 55.8 Å². The fourth-order valence-electron chi connectivity index (χ4n) is 4.13. The SMILES string of the molecule is c1ccc2nc(-c3ccc(-c4ccncc4)cc3)c(-c3ccc(-c4ccncc4)cc3)nc2c1. The highest BCUT2D eigenvalue weighted by atomic mass is 14.8. The van der Waals surface area contributed by atoms with Gasteiger partial charge in [-0.15, -0.1) is 0 Å². The molecule has 0 aliphatic carbocycles. The highest BCUT2D eigenvalue weighted by molar-refractivity contribution is 5.87. The van der Waals surface area contributed by atoms with E-state index in [-0.39, 0.29) is 0 Å². The number of hydrogen-bond acceptors (Lipinski definition) is 4. The highest BCUT2D eigenvalue weighted by Crippen LogP contribution is 2.33. The number of para-hydroxylation sites is 2. The molecule has 3 aromatic heterocycles. The summed E-state index contributed by atoms with van der Waals surface area (Å²) in [5.41, 5.74) is 10.1. The van der Waals surface area contributed by atoms with Gasteiger partial charge in [0.25, 0.3) is 0 Å². The Balaban J connectivity index is 1.46. The minimum absolute atomic E-state index is 0.872. The molecule has 0 atom stereocenters. The van der Waals surface area contributed by atoms with Crippen molar-refractivity contribution in [1.82, 2.24) is 19.9 Å². The van der Waals surface area contributed by atoms with Crippen molar-refractivity contribution in [3.8, 4) is 44.8 Å². The van der Waals surface area contributed by atoms with E-state index in [9.17, 15) is 0 Å². The summed E-state index contributed by atoms with van der Waals surface area (Å²) < 4.78 is 0. The minimum Gasteiger partial charge on any atom is -0.265 e. The van der Waals surface area contributed by atoms with E-state index in [0.717, 1.165) is 55.8 Å². The fourth-order valence-corrected chi connectivity index (χ4v) is 4.13. The van der Waals surface area contributed by atoms with Crippen LogP contribution in [0.4, 0.5) is 0 Å². The molecule has 34 heavy (non-hydrogen) atoms. The molecule has 0 spiro atoms. The van der Waals surface area contributed by atoms with E-state index in [4.69, 9.17) is 9.97 Å². The molecule has 0 amide bonds. The van der Waals surface area contributed by atoms with Crippen molar-refractivity contribution in [1.29, 1.82) is 0 Å². The van der Waals surface area contributed by atoms with Gasteiger partial charge in [-0.2, -0.15) is 0 Å².